The number of alkyl halides is 1. The van der Waals surface area contributed by atoms with E-state index in [-0.39, 0.29) is 23.6 Å². The van der Waals surface area contributed by atoms with Gasteiger partial charge in [0.15, 0.2) is 0 Å². The number of sulfonamides is 1. The van der Waals surface area contributed by atoms with Crippen molar-refractivity contribution in [2.24, 2.45) is 0 Å². The minimum Gasteiger partial charge on any atom is -0.378 e. The van der Waals surface area contributed by atoms with Crippen molar-refractivity contribution in [3.05, 3.63) is 35.9 Å². The summed E-state index contributed by atoms with van der Waals surface area (Å²) in [5, 5.41) is 0. The first-order valence-electron chi connectivity index (χ1n) is 6.73. The second kappa shape index (κ2) is 6.89. The van der Waals surface area contributed by atoms with Crippen LogP contribution in [0.4, 0.5) is 0 Å². The molecule has 1 heterocycles. The van der Waals surface area contributed by atoms with E-state index >= 15 is 0 Å². The molecule has 2 rings (SSSR count). The van der Waals surface area contributed by atoms with Crippen LogP contribution in [0.25, 0.3) is 0 Å². The Kier molecular flexibility index (Phi) is 5.43. The Labute approximate surface area is 125 Å². The Morgan fingerprint density at radius 2 is 2.10 bits per heavy atom. The average Bonchev–Trinajstić information content (AvgIpc) is 2.47. The third-order valence-corrected chi connectivity index (χ3v) is 6.01. The van der Waals surface area contributed by atoms with E-state index in [1.54, 1.807) is 0 Å². The van der Waals surface area contributed by atoms with Gasteiger partial charge in [-0.1, -0.05) is 37.3 Å². The highest BCUT2D eigenvalue weighted by molar-refractivity contribution is 7.89. The molecular weight excluding hydrogens is 298 g/mol. The van der Waals surface area contributed by atoms with Crippen LogP contribution >= 0.6 is 11.6 Å². The number of benzene rings is 1. The molecule has 1 aliphatic heterocycles. The lowest BCUT2D eigenvalue weighted by molar-refractivity contribution is 0.0404. The molecule has 0 aliphatic carbocycles. The molecule has 6 heteroatoms. The summed E-state index contributed by atoms with van der Waals surface area (Å²) in [6.45, 7) is 3.14. The van der Waals surface area contributed by atoms with Crippen LogP contribution in [0.15, 0.2) is 30.3 Å². The molecule has 112 valence electrons. The fourth-order valence-corrected chi connectivity index (χ4v) is 4.71. The average molecular weight is 318 g/mol. The number of rotatable bonds is 5. The van der Waals surface area contributed by atoms with Gasteiger partial charge in [-0.15, -0.1) is 11.6 Å². The molecule has 1 fully saturated rings. The van der Waals surface area contributed by atoms with Crippen molar-refractivity contribution in [3.8, 4) is 0 Å². The predicted octanol–water partition coefficient (Wildman–Crippen LogP) is 2.06. The number of nitrogens with zero attached hydrogens (tertiary/aromatic N) is 1. The van der Waals surface area contributed by atoms with Gasteiger partial charge in [-0.2, -0.15) is 4.31 Å². The van der Waals surface area contributed by atoms with Crippen molar-refractivity contribution in [1.29, 1.82) is 0 Å². The molecule has 1 saturated heterocycles. The standard InChI is InChI=1S/C14H20ClNO3S/c1-12(13-5-3-2-4-6-13)11-20(17,18)16-7-8-19-10-14(16)9-15/h2-6,12,14H,7-11H2,1H3. The zero-order valence-corrected chi connectivity index (χ0v) is 13.1. The van der Waals surface area contributed by atoms with Gasteiger partial charge in [-0.25, -0.2) is 8.42 Å². The van der Waals surface area contributed by atoms with Crippen LogP contribution in [0.2, 0.25) is 0 Å². The van der Waals surface area contributed by atoms with Crippen molar-refractivity contribution in [3.63, 3.8) is 0 Å². The normalized spacial score (nSPS) is 22.6. The van der Waals surface area contributed by atoms with Gasteiger partial charge in [0, 0.05) is 12.4 Å². The van der Waals surface area contributed by atoms with Crippen molar-refractivity contribution < 1.29 is 13.2 Å². The largest absolute Gasteiger partial charge is 0.378 e. The summed E-state index contributed by atoms with van der Waals surface area (Å²) in [6, 6.07) is 9.44. The summed E-state index contributed by atoms with van der Waals surface area (Å²) in [5.41, 5.74) is 1.03. The fraction of sp³-hybridized carbons (Fsp3) is 0.571. The smallest absolute Gasteiger partial charge is 0.215 e. The van der Waals surface area contributed by atoms with Gasteiger partial charge in [-0.05, 0) is 11.5 Å². The zero-order valence-electron chi connectivity index (χ0n) is 11.5. The number of hydrogen-bond donors (Lipinski definition) is 0. The minimum absolute atomic E-state index is 0.0416. The third-order valence-electron chi connectivity index (χ3n) is 3.54. The van der Waals surface area contributed by atoms with Gasteiger partial charge < -0.3 is 4.74 Å². The van der Waals surface area contributed by atoms with E-state index in [4.69, 9.17) is 16.3 Å². The number of ether oxygens (including phenoxy) is 1. The molecule has 2 unspecified atom stereocenters. The molecule has 0 saturated carbocycles. The van der Waals surface area contributed by atoms with Gasteiger partial charge in [0.2, 0.25) is 10.0 Å². The molecule has 1 aromatic rings. The Hall–Kier alpha value is -0.620. The highest BCUT2D eigenvalue weighted by Gasteiger charge is 2.33. The van der Waals surface area contributed by atoms with Crippen molar-refractivity contribution in [2.75, 3.05) is 31.4 Å². The van der Waals surface area contributed by atoms with Crippen molar-refractivity contribution in [2.45, 2.75) is 18.9 Å². The predicted molar refractivity (Wildman–Crippen MR) is 80.7 cm³/mol. The molecule has 4 nitrogen and oxygen atoms in total. The Bertz CT molecular complexity index is 520. The maximum absolute atomic E-state index is 12.6. The molecule has 1 aliphatic rings. The fourth-order valence-electron chi connectivity index (χ4n) is 2.42. The van der Waals surface area contributed by atoms with Gasteiger partial charge >= 0.3 is 0 Å². The topological polar surface area (TPSA) is 46.6 Å². The lowest BCUT2D eigenvalue weighted by Crippen LogP contribution is -2.50. The molecule has 1 aromatic carbocycles. The summed E-state index contributed by atoms with van der Waals surface area (Å²) < 4.78 is 31.9. The molecular formula is C14H20ClNO3S. The summed E-state index contributed by atoms with van der Waals surface area (Å²) in [4.78, 5) is 0. The molecule has 0 amide bonds. The van der Waals surface area contributed by atoms with Crippen LogP contribution in [0.3, 0.4) is 0 Å². The molecule has 0 radical (unpaired) electrons. The first kappa shape index (κ1) is 15.8. The quantitative estimate of drug-likeness (QED) is 0.781. The van der Waals surface area contributed by atoms with Crippen molar-refractivity contribution in [1.82, 2.24) is 4.31 Å². The molecule has 0 spiro atoms. The van der Waals surface area contributed by atoms with Crippen LogP contribution in [0.1, 0.15) is 18.4 Å². The van der Waals surface area contributed by atoms with Crippen LogP contribution < -0.4 is 0 Å². The van der Waals surface area contributed by atoms with E-state index in [0.29, 0.717) is 19.8 Å². The highest BCUT2D eigenvalue weighted by Crippen LogP contribution is 2.21. The summed E-state index contributed by atoms with van der Waals surface area (Å²) >= 11 is 5.85. The molecule has 20 heavy (non-hydrogen) atoms. The summed E-state index contributed by atoms with van der Waals surface area (Å²) in [5.74, 6) is 0.323. The summed E-state index contributed by atoms with van der Waals surface area (Å²) in [7, 11) is -3.32. The third kappa shape index (κ3) is 3.73. The second-order valence-corrected chi connectivity index (χ2v) is 7.36. The first-order chi connectivity index (χ1) is 9.54. The van der Waals surface area contributed by atoms with E-state index in [2.05, 4.69) is 0 Å². The number of morpholine rings is 1. The van der Waals surface area contributed by atoms with Crippen LogP contribution in [0.5, 0.6) is 0 Å². The number of halogens is 1. The van der Waals surface area contributed by atoms with Crippen LogP contribution in [-0.2, 0) is 14.8 Å². The van der Waals surface area contributed by atoms with E-state index in [0.717, 1.165) is 5.56 Å². The van der Waals surface area contributed by atoms with E-state index < -0.39 is 10.0 Å². The lowest BCUT2D eigenvalue weighted by Gasteiger charge is -2.34. The maximum Gasteiger partial charge on any atom is 0.215 e. The number of hydrogen-bond acceptors (Lipinski definition) is 3. The monoisotopic (exact) mass is 317 g/mol. The summed E-state index contributed by atoms with van der Waals surface area (Å²) in [6.07, 6.45) is 0. The molecule has 2 atom stereocenters. The van der Waals surface area contributed by atoms with Gasteiger partial charge in [0.25, 0.3) is 0 Å². The van der Waals surface area contributed by atoms with E-state index in [9.17, 15) is 8.42 Å². The lowest BCUT2D eigenvalue weighted by atomic mass is 10.0. The van der Waals surface area contributed by atoms with Gasteiger partial charge in [0.1, 0.15) is 0 Å². The maximum atomic E-state index is 12.6. The van der Waals surface area contributed by atoms with Crippen LogP contribution in [-0.4, -0.2) is 50.2 Å². The highest BCUT2D eigenvalue weighted by atomic mass is 35.5. The Morgan fingerprint density at radius 3 is 2.75 bits per heavy atom. The molecule has 0 aromatic heterocycles. The first-order valence-corrected chi connectivity index (χ1v) is 8.87. The van der Waals surface area contributed by atoms with E-state index in [1.807, 2.05) is 37.3 Å². The zero-order chi connectivity index (χ0) is 14.6. The van der Waals surface area contributed by atoms with Crippen molar-refractivity contribution >= 4 is 21.6 Å². The second-order valence-electron chi connectivity index (χ2n) is 5.08. The Balaban J connectivity index is 2.10. The molecule has 0 N–H and O–H groups in total. The Morgan fingerprint density at radius 1 is 1.40 bits per heavy atom. The molecule has 0 bridgehead atoms. The minimum atomic E-state index is -3.32. The van der Waals surface area contributed by atoms with Gasteiger partial charge in [-0.3, -0.25) is 0 Å². The van der Waals surface area contributed by atoms with E-state index in [1.165, 1.54) is 4.31 Å². The van der Waals surface area contributed by atoms with Crippen LogP contribution in [0, 0.1) is 0 Å². The SMILES string of the molecule is CC(CS(=O)(=O)N1CCOCC1CCl)c1ccccc1. The van der Waals surface area contributed by atoms with Gasteiger partial charge in [0.05, 0.1) is 25.0 Å².